The van der Waals surface area contributed by atoms with Gasteiger partial charge in [-0.1, -0.05) is 23.7 Å². The molecule has 1 aliphatic rings. The molecule has 218 valence electrons. The van der Waals surface area contributed by atoms with E-state index in [-0.39, 0.29) is 36.8 Å². The van der Waals surface area contributed by atoms with Crippen molar-refractivity contribution in [2.24, 2.45) is 0 Å². The van der Waals surface area contributed by atoms with Crippen LogP contribution < -0.4 is 4.90 Å². The number of piperazine rings is 1. The van der Waals surface area contributed by atoms with E-state index in [1.54, 1.807) is 60.0 Å². The number of carbonyl (C=O) groups excluding carboxylic acids is 2. The molecule has 0 aliphatic carbocycles. The summed E-state index contributed by atoms with van der Waals surface area (Å²) < 4.78 is 39.1. The van der Waals surface area contributed by atoms with E-state index < -0.39 is 34.0 Å². The van der Waals surface area contributed by atoms with Crippen LogP contribution >= 0.6 is 11.6 Å². The highest BCUT2D eigenvalue weighted by molar-refractivity contribution is 7.89. The first-order valence-corrected chi connectivity index (χ1v) is 14.9. The number of halogens is 1. The van der Waals surface area contributed by atoms with Gasteiger partial charge >= 0.3 is 11.9 Å². The Morgan fingerprint density at radius 1 is 0.857 bits per heavy atom. The van der Waals surface area contributed by atoms with E-state index in [1.807, 2.05) is 12.1 Å². The van der Waals surface area contributed by atoms with Crippen molar-refractivity contribution in [2.45, 2.75) is 29.8 Å². The Hall–Kier alpha value is -4.13. The van der Waals surface area contributed by atoms with Crippen molar-refractivity contribution in [3.63, 3.8) is 0 Å². The van der Waals surface area contributed by atoms with Gasteiger partial charge in [-0.25, -0.2) is 18.4 Å². The Morgan fingerprint density at radius 3 is 2.02 bits per heavy atom. The molecular formula is C29H28ClN5O6S. The molecule has 13 heteroatoms. The molecule has 4 aromatic rings. The normalized spacial score (nSPS) is 17.6. The largest absolute Gasteiger partial charge is 0.469 e. The topological polar surface area (TPSA) is 132 Å². The average Bonchev–Trinajstić information content (AvgIpc) is 3.01. The highest BCUT2D eigenvalue weighted by Gasteiger charge is 2.43. The minimum Gasteiger partial charge on any atom is -0.469 e. The van der Waals surface area contributed by atoms with Gasteiger partial charge in [-0.3, -0.25) is 14.6 Å². The molecule has 2 atom stereocenters. The first kappa shape index (κ1) is 29.4. The average molecular weight is 610 g/mol. The molecule has 1 saturated heterocycles. The Balaban J connectivity index is 1.52. The fourth-order valence-electron chi connectivity index (χ4n) is 5.07. The standard InChI is InChI=1S/C29H28ClN5O6S/c1-40-27(36)13-24-17-34(42(38,39)26-6-4-20-11-23(30)5-3-21(20)12-26)18-25(14-28(37)41-2)35(24)29-32-15-22(16-33-29)19-7-9-31-10-8-19/h3-12,15-16,24-25H,13-14,17-18H2,1-2H3/t24-,25+. The van der Waals surface area contributed by atoms with Gasteiger partial charge < -0.3 is 14.4 Å². The van der Waals surface area contributed by atoms with Crippen LogP contribution in [-0.4, -0.2) is 79.0 Å². The third kappa shape index (κ3) is 6.20. The van der Waals surface area contributed by atoms with Crippen LogP contribution in [0.4, 0.5) is 5.95 Å². The number of anilines is 1. The molecule has 0 amide bonds. The minimum atomic E-state index is -4.04. The summed E-state index contributed by atoms with van der Waals surface area (Å²) in [5.41, 5.74) is 1.61. The summed E-state index contributed by atoms with van der Waals surface area (Å²) in [6.07, 6.45) is 6.26. The van der Waals surface area contributed by atoms with Crippen molar-refractivity contribution in [3.8, 4) is 11.1 Å². The van der Waals surface area contributed by atoms with Crippen LogP contribution in [0.3, 0.4) is 0 Å². The molecule has 0 bridgehead atoms. The number of benzene rings is 2. The summed E-state index contributed by atoms with van der Waals surface area (Å²) in [7, 11) is -1.52. The van der Waals surface area contributed by atoms with E-state index >= 15 is 0 Å². The van der Waals surface area contributed by atoms with Crippen LogP contribution in [0.1, 0.15) is 12.8 Å². The SMILES string of the molecule is COC(=O)C[C@@H]1CN(S(=O)(=O)c2ccc3cc(Cl)ccc3c2)C[C@H](CC(=O)OC)N1c1ncc(-c2ccncc2)cn1. The number of rotatable bonds is 8. The molecule has 0 spiro atoms. The van der Waals surface area contributed by atoms with Crippen molar-refractivity contribution in [1.29, 1.82) is 0 Å². The van der Waals surface area contributed by atoms with Crippen LogP contribution in [0.25, 0.3) is 21.9 Å². The van der Waals surface area contributed by atoms with E-state index in [4.69, 9.17) is 21.1 Å². The predicted molar refractivity (Wildman–Crippen MR) is 156 cm³/mol. The molecule has 42 heavy (non-hydrogen) atoms. The van der Waals surface area contributed by atoms with Crippen LogP contribution in [0, 0.1) is 0 Å². The molecule has 0 unspecified atom stereocenters. The first-order valence-electron chi connectivity index (χ1n) is 13.0. The third-order valence-electron chi connectivity index (χ3n) is 7.17. The summed E-state index contributed by atoms with van der Waals surface area (Å²) in [6.45, 7) is -0.132. The number of hydrogen-bond donors (Lipinski definition) is 0. The highest BCUT2D eigenvalue weighted by atomic mass is 35.5. The number of ether oxygens (including phenoxy) is 2. The summed E-state index contributed by atoms with van der Waals surface area (Å²) in [4.78, 5) is 39.9. The molecule has 1 aliphatic heterocycles. The third-order valence-corrected chi connectivity index (χ3v) is 9.23. The molecule has 5 rings (SSSR count). The second-order valence-electron chi connectivity index (χ2n) is 9.76. The summed E-state index contributed by atoms with van der Waals surface area (Å²) >= 11 is 6.09. The fraction of sp³-hybridized carbons (Fsp3) is 0.276. The quantitative estimate of drug-likeness (QED) is 0.272. The molecule has 3 heterocycles. The summed E-state index contributed by atoms with van der Waals surface area (Å²) in [5.74, 6) is -0.843. The maximum atomic E-state index is 14.0. The van der Waals surface area contributed by atoms with Crippen molar-refractivity contribution in [1.82, 2.24) is 19.3 Å². The van der Waals surface area contributed by atoms with Crippen molar-refractivity contribution in [3.05, 3.63) is 78.3 Å². The Bertz CT molecular complexity index is 1680. The number of fused-ring (bicyclic) bond motifs is 1. The molecular weight excluding hydrogens is 582 g/mol. The van der Waals surface area contributed by atoms with E-state index in [1.165, 1.54) is 24.6 Å². The number of pyridine rings is 1. The lowest BCUT2D eigenvalue weighted by Gasteiger charge is -2.45. The van der Waals surface area contributed by atoms with E-state index in [0.29, 0.717) is 10.4 Å². The number of aromatic nitrogens is 3. The van der Waals surface area contributed by atoms with Gasteiger partial charge in [-0.2, -0.15) is 4.31 Å². The maximum absolute atomic E-state index is 14.0. The monoisotopic (exact) mass is 609 g/mol. The lowest BCUT2D eigenvalue weighted by molar-refractivity contribution is -0.141. The molecule has 11 nitrogen and oxygen atoms in total. The zero-order valence-corrected chi connectivity index (χ0v) is 24.5. The minimum absolute atomic E-state index is 0.0662. The lowest BCUT2D eigenvalue weighted by Crippen LogP contribution is -2.61. The molecule has 0 N–H and O–H groups in total. The number of methoxy groups -OCH3 is 2. The second-order valence-corrected chi connectivity index (χ2v) is 12.1. The van der Waals surface area contributed by atoms with Crippen molar-refractivity contribution < 1.29 is 27.5 Å². The maximum Gasteiger partial charge on any atom is 0.307 e. The van der Waals surface area contributed by atoms with E-state index in [2.05, 4.69) is 15.0 Å². The Labute approximate surface area is 248 Å². The zero-order valence-electron chi connectivity index (χ0n) is 22.9. The van der Waals surface area contributed by atoms with E-state index in [0.717, 1.165) is 16.5 Å². The number of nitrogens with zero attached hydrogens (tertiary/aromatic N) is 5. The van der Waals surface area contributed by atoms with Gasteiger partial charge in [0.25, 0.3) is 0 Å². The van der Waals surface area contributed by atoms with Gasteiger partial charge in [-0.15, -0.1) is 0 Å². The van der Waals surface area contributed by atoms with Crippen LogP contribution in [0.2, 0.25) is 5.02 Å². The smallest absolute Gasteiger partial charge is 0.307 e. The first-order chi connectivity index (χ1) is 20.2. The van der Waals surface area contributed by atoms with Crippen LogP contribution in [-0.2, 0) is 29.1 Å². The number of carbonyl (C=O) groups is 2. The van der Waals surface area contributed by atoms with Crippen LogP contribution in [0.5, 0.6) is 0 Å². The lowest BCUT2D eigenvalue weighted by atomic mass is 10.0. The number of esters is 2. The molecule has 0 radical (unpaired) electrons. The molecule has 0 saturated carbocycles. The van der Waals surface area contributed by atoms with Gasteiger partial charge in [0.1, 0.15) is 0 Å². The predicted octanol–water partition coefficient (Wildman–Crippen LogP) is 3.72. The van der Waals surface area contributed by atoms with Crippen LogP contribution in [0.15, 0.2) is 78.2 Å². The fourth-order valence-corrected chi connectivity index (χ4v) is 6.80. The van der Waals surface area contributed by atoms with Gasteiger partial charge in [0, 0.05) is 48.5 Å². The summed E-state index contributed by atoms with van der Waals surface area (Å²) in [5, 5.41) is 2.05. The number of hydrogen-bond acceptors (Lipinski definition) is 10. The van der Waals surface area contributed by atoms with E-state index in [9.17, 15) is 18.0 Å². The van der Waals surface area contributed by atoms with Crippen molar-refractivity contribution >= 4 is 50.3 Å². The Kier molecular flexibility index (Phi) is 8.66. The molecule has 2 aromatic heterocycles. The van der Waals surface area contributed by atoms with Gasteiger partial charge in [-0.05, 0) is 52.7 Å². The van der Waals surface area contributed by atoms with Crippen molar-refractivity contribution in [2.75, 3.05) is 32.2 Å². The molecule has 1 fully saturated rings. The second kappa shape index (κ2) is 12.4. The summed E-state index contributed by atoms with van der Waals surface area (Å²) in [6, 6.07) is 12.2. The van der Waals surface area contributed by atoms with Gasteiger partial charge in [0.2, 0.25) is 16.0 Å². The zero-order chi connectivity index (χ0) is 29.9. The van der Waals surface area contributed by atoms with Gasteiger partial charge in [0.15, 0.2) is 0 Å². The number of sulfonamides is 1. The molecule has 2 aromatic carbocycles. The Morgan fingerprint density at radius 2 is 1.43 bits per heavy atom. The van der Waals surface area contributed by atoms with Gasteiger partial charge in [0.05, 0.1) is 44.0 Å². The highest BCUT2D eigenvalue weighted by Crippen LogP contribution is 2.31.